The Morgan fingerprint density at radius 3 is 2.57 bits per heavy atom. The predicted molar refractivity (Wildman–Crippen MR) is 113 cm³/mol. The first-order chi connectivity index (χ1) is 13.4. The molecule has 2 aromatic carbocycles. The molecule has 8 heteroatoms. The summed E-state index contributed by atoms with van der Waals surface area (Å²) in [6.07, 6.45) is 1.56. The van der Waals surface area contributed by atoms with Crippen molar-refractivity contribution < 1.29 is 13.2 Å². The first kappa shape index (κ1) is 19.8. The van der Waals surface area contributed by atoms with Gasteiger partial charge in [-0.3, -0.25) is 9.52 Å². The van der Waals surface area contributed by atoms with Gasteiger partial charge in [-0.05, 0) is 48.6 Å². The molecule has 0 unspecified atom stereocenters. The summed E-state index contributed by atoms with van der Waals surface area (Å²) in [6.45, 7) is 3.97. The highest BCUT2D eigenvalue weighted by molar-refractivity contribution is 7.94. The number of hydrogen-bond acceptors (Lipinski definition) is 5. The number of carbonyl (C=O) groups is 1. The smallest absolute Gasteiger partial charge is 0.273 e. The minimum absolute atomic E-state index is 0.176. The van der Waals surface area contributed by atoms with Crippen molar-refractivity contribution in [2.24, 2.45) is 5.10 Å². The lowest BCUT2D eigenvalue weighted by molar-refractivity contribution is 0.0956. The van der Waals surface area contributed by atoms with Crippen molar-refractivity contribution in [3.63, 3.8) is 0 Å². The molecule has 2 N–H and O–H groups in total. The molecule has 3 rings (SSSR count). The molecule has 0 bridgehead atoms. The fourth-order valence-corrected chi connectivity index (χ4v) is 4.65. The number of aryl methyl sites for hydroxylation is 2. The molecular weight excluding hydrogens is 394 g/mol. The van der Waals surface area contributed by atoms with Crippen LogP contribution in [0, 0.1) is 13.8 Å². The molecule has 0 saturated heterocycles. The fourth-order valence-electron chi connectivity index (χ4n) is 2.57. The first-order valence-electron chi connectivity index (χ1n) is 8.43. The molecule has 28 heavy (non-hydrogen) atoms. The van der Waals surface area contributed by atoms with E-state index < -0.39 is 15.9 Å². The molecule has 1 amide bonds. The standard InChI is InChI=1S/C20H19N3O3S2/c1-14-9-10-16(15(2)12-14)13-21-22-20(24)17-6-3-4-7-18(17)23-28(25,26)19-8-5-11-27-19/h3-13,23H,1-2H3,(H,22,24)/b21-13+. The number of benzene rings is 2. The molecular formula is C20H19N3O3S2. The zero-order valence-electron chi connectivity index (χ0n) is 15.3. The van der Waals surface area contributed by atoms with Crippen LogP contribution in [0.2, 0.25) is 0 Å². The van der Waals surface area contributed by atoms with E-state index in [1.54, 1.807) is 29.8 Å². The minimum Gasteiger partial charge on any atom is -0.278 e. The molecule has 0 aliphatic carbocycles. The molecule has 0 atom stereocenters. The van der Waals surface area contributed by atoms with Crippen molar-refractivity contribution in [2.45, 2.75) is 18.1 Å². The van der Waals surface area contributed by atoms with E-state index in [1.807, 2.05) is 32.0 Å². The molecule has 144 valence electrons. The summed E-state index contributed by atoms with van der Waals surface area (Å²) >= 11 is 1.10. The average molecular weight is 414 g/mol. The summed E-state index contributed by atoms with van der Waals surface area (Å²) in [4.78, 5) is 12.5. The Morgan fingerprint density at radius 1 is 1.07 bits per heavy atom. The van der Waals surface area contributed by atoms with Crippen LogP contribution in [0.25, 0.3) is 0 Å². The van der Waals surface area contributed by atoms with Crippen LogP contribution in [-0.4, -0.2) is 20.5 Å². The number of para-hydroxylation sites is 1. The molecule has 1 aromatic heterocycles. The Labute approximate surface area is 168 Å². The quantitative estimate of drug-likeness (QED) is 0.474. The topological polar surface area (TPSA) is 87.6 Å². The van der Waals surface area contributed by atoms with Crippen molar-refractivity contribution in [2.75, 3.05) is 4.72 Å². The number of nitrogens with zero attached hydrogens (tertiary/aromatic N) is 1. The Kier molecular flexibility index (Phi) is 5.91. The third kappa shape index (κ3) is 4.65. The largest absolute Gasteiger partial charge is 0.278 e. The van der Waals surface area contributed by atoms with Crippen molar-refractivity contribution in [3.05, 3.63) is 82.2 Å². The van der Waals surface area contributed by atoms with Crippen molar-refractivity contribution in [1.29, 1.82) is 0 Å². The van der Waals surface area contributed by atoms with Crippen LogP contribution in [0.1, 0.15) is 27.0 Å². The second-order valence-electron chi connectivity index (χ2n) is 6.14. The Bertz CT molecular complexity index is 1120. The fraction of sp³-hybridized carbons (Fsp3) is 0.100. The van der Waals surface area contributed by atoms with Crippen molar-refractivity contribution >= 4 is 39.2 Å². The highest BCUT2D eigenvalue weighted by Crippen LogP contribution is 2.22. The van der Waals surface area contributed by atoms with Gasteiger partial charge in [0.2, 0.25) is 0 Å². The Balaban J connectivity index is 1.77. The maximum atomic E-state index is 12.5. The summed E-state index contributed by atoms with van der Waals surface area (Å²) in [7, 11) is -3.75. The maximum Gasteiger partial charge on any atom is 0.273 e. The number of hydrogen-bond donors (Lipinski definition) is 2. The molecule has 0 aliphatic heterocycles. The third-order valence-electron chi connectivity index (χ3n) is 3.97. The van der Waals surface area contributed by atoms with Crippen LogP contribution in [0.4, 0.5) is 5.69 Å². The van der Waals surface area contributed by atoms with Crippen LogP contribution in [0.5, 0.6) is 0 Å². The van der Waals surface area contributed by atoms with E-state index in [0.717, 1.165) is 28.0 Å². The highest BCUT2D eigenvalue weighted by Gasteiger charge is 2.19. The lowest BCUT2D eigenvalue weighted by Gasteiger charge is -2.10. The predicted octanol–water partition coefficient (Wildman–Crippen LogP) is 3.93. The molecule has 6 nitrogen and oxygen atoms in total. The van der Waals surface area contributed by atoms with E-state index in [1.165, 1.54) is 18.2 Å². The first-order valence-corrected chi connectivity index (χ1v) is 10.8. The van der Waals surface area contributed by atoms with E-state index in [2.05, 4.69) is 15.2 Å². The van der Waals surface area contributed by atoms with E-state index in [4.69, 9.17) is 0 Å². The van der Waals surface area contributed by atoms with Gasteiger partial charge in [0, 0.05) is 0 Å². The number of thiophene rings is 1. The van der Waals surface area contributed by atoms with Crippen LogP contribution >= 0.6 is 11.3 Å². The van der Waals surface area contributed by atoms with Crippen LogP contribution in [-0.2, 0) is 10.0 Å². The Hall–Kier alpha value is -2.97. The maximum absolute atomic E-state index is 12.5. The zero-order valence-corrected chi connectivity index (χ0v) is 17.0. The van der Waals surface area contributed by atoms with Crippen LogP contribution in [0.3, 0.4) is 0 Å². The van der Waals surface area contributed by atoms with Crippen molar-refractivity contribution in [1.82, 2.24) is 5.43 Å². The lowest BCUT2D eigenvalue weighted by atomic mass is 10.1. The number of amides is 1. The monoisotopic (exact) mass is 413 g/mol. The SMILES string of the molecule is Cc1ccc(/C=N/NC(=O)c2ccccc2NS(=O)(=O)c2cccs2)c(C)c1. The van der Waals surface area contributed by atoms with E-state index in [-0.39, 0.29) is 15.5 Å². The minimum atomic E-state index is -3.75. The lowest BCUT2D eigenvalue weighted by Crippen LogP contribution is -2.21. The molecule has 0 aliphatic rings. The van der Waals surface area contributed by atoms with Crippen LogP contribution < -0.4 is 10.1 Å². The van der Waals surface area contributed by atoms with Crippen LogP contribution in [0.15, 0.2) is 69.3 Å². The number of carbonyl (C=O) groups excluding carboxylic acids is 1. The number of hydrazone groups is 1. The summed E-state index contributed by atoms with van der Waals surface area (Å²) in [5.41, 5.74) is 5.89. The molecule has 3 aromatic rings. The average Bonchev–Trinajstić information content (AvgIpc) is 3.19. The molecule has 1 heterocycles. The van der Waals surface area contributed by atoms with E-state index in [0.29, 0.717) is 0 Å². The van der Waals surface area contributed by atoms with Gasteiger partial charge in [0.05, 0.1) is 17.5 Å². The molecule has 0 saturated carbocycles. The highest BCUT2D eigenvalue weighted by atomic mass is 32.2. The van der Waals surface area contributed by atoms with Gasteiger partial charge >= 0.3 is 0 Å². The summed E-state index contributed by atoms with van der Waals surface area (Å²) < 4.78 is 27.5. The van der Waals surface area contributed by atoms with E-state index >= 15 is 0 Å². The van der Waals surface area contributed by atoms with Gasteiger partial charge < -0.3 is 0 Å². The van der Waals surface area contributed by atoms with Gasteiger partial charge in [-0.25, -0.2) is 13.8 Å². The summed E-state index contributed by atoms with van der Waals surface area (Å²) in [6, 6.07) is 15.4. The van der Waals surface area contributed by atoms with Gasteiger partial charge in [0.25, 0.3) is 15.9 Å². The van der Waals surface area contributed by atoms with Gasteiger partial charge in [-0.15, -0.1) is 11.3 Å². The second kappa shape index (κ2) is 8.37. The number of nitrogens with one attached hydrogen (secondary N) is 2. The molecule has 0 fully saturated rings. The van der Waals surface area contributed by atoms with Gasteiger partial charge in [0.1, 0.15) is 4.21 Å². The third-order valence-corrected chi connectivity index (χ3v) is 6.73. The zero-order chi connectivity index (χ0) is 20.1. The number of sulfonamides is 1. The van der Waals surface area contributed by atoms with Crippen molar-refractivity contribution in [3.8, 4) is 0 Å². The summed E-state index contributed by atoms with van der Waals surface area (Å²) in [5, 5.41) is 5.67. The van der Waals surface area contributed by atoms with Gasteiger partial charge in [-0.2, -0.15) is 5.10 Å². The summed E-state index contributed by atoms with van der Waals surface area (Å²) in [5.74, 6) is -0.509. The number of rotatable bonds is 6. The van der Waals surface area contributed by atoms with Gasteiger partial charge in [-0.1, -0.05) is 42.0 Å². The van der Waals surface area contributed by atoms with E-state index in [9.17, 15) is 13.2 Å². The Morgan fingerprint density at radius 2 is 1.86 bits per heavy atom. The normalized spacial score (nSPS) is 11.5. The molecule has 0 radical (unpaired) electrons. The number of anilines is 1. The second-order valence-corrected chi connectivity index (χ2v) is 9.00. The molecule has 0 spiro atoms. The van der Waals surface area contributed by atoms with Gasteiger partial charge in [0.15, 0.2) is 0 Å².